The number of H-pyrrole nitrogens is 1. The number of nitrogens with one attached hydrogen (secondary N) is 1. The molecule has 1 aromatic heterocycles. The number of fused-ring (bicyclic) bond motifs is 1. The highest BCUT2D eigenvalue weighted by atomic mass is 19.4. The Labute approximate surface area is 92.4 Å². The number of carbonyl (C=O) groups excluding carboxylic acids is 1. The first kappa shape index (κ1) is 11.2. The van der Waals surface area contributed by atoms with E-state index < -0.39 is 18.0 Å². The maximum atomic E-state index is 12.1. The molecule has 0 aliphatic rings. The lowest BCUT2D eigenvalue weighted by molar-refractivity contribution is -0.274. The average molecular weight is 245 g/mol. The number of nitrogens with two attached hydrogens (primary N) is 1. The molecule has 3 N–H and O–H groups in total. The molecule has 0 unspecified atom stereocenters. The van der Waals surface area contributed by atoms with Gasteiger partial charge in [0.05, 0.1) is 5.52 Å². The number of primary amides is 1. The molecular formula is C9H6F3N3O2. The van der Waals surface area contributed by atoms with Gasteiger partial charge < -0.3 is 15.5 Å². The molecule has 17 heavy (non-hydrogen) atoms. The molecular weight excluding hydrogens is 239 g/mol. The minimum absolute atomic E-state index is 0.0291. The lowest BCUT2D eigenvalue weighted by Crippen LogP contribution is -2.17. The number of hydrogen-bond acceptors (Lipinski definition) is 3. The smallest absolute Gasteiger partial charge is 0.403 e. The molecule has 0 atom stereocenters. The quantitative estimate of drug-likeness (QED) is 0.842. The zero-order valence-electron chi connectivity index (χ0n) is 8.21. The van der Waals surface area contributed by atoms with Gasteiger partial charge in [-0.2, -0.15) is 0 Å². The highest BCUT2D eigenvalue weighted by Gasteiger charge is 2.32. The minimum atomic E-state index is -4.81. The molecule has 1 amide bonds. The predicted octanol–water partition coefficient (Wildman–Crippen LogP) is 1.56. The Morgan fingerprint density at radius 1 is 1.41 bits per heavy atom. The minimum Gasteiger partial charge on any atom is -0.403 e. The van der Waals surface area contributed by atoms with Crippen molar-refractivity contribution in [3.8, 4) is 5.75 Å². The van der Waals surface area contributed by atoms with Gasteiger partial charge in [0.2, 0.25) is 0 Å². The molecule has 2 aromatic rings. The van der Waals surface area contributed by atoms with Gasteiger partial charge in [0, 0.05) is 0 Å². The number of rotatable bonds is 2. The Balaban J connectivity index is 2.53. The van der Waals surface area contributed by atoms with Gasteiger partial charge in [-0.25, -0.2) is 4.98 Å². The third kappa shape index (κ3) is 2.30. The van der Waals surface area contributed by atoms with Crippen LogP contribution in [0.2, 0.25) is 0 Å². The van der Waals surface area contributed by atoms with Gasteiger partial charge in [-0.15, -0.1) is 13.2 Å². The zero-order valence-corrected chi connectivity index (χ0v) is 8.21. The summed E-state index contributed by atoms with van der Waals surface area (Å²) in [4.78, 5) is 16.9. The lowest BCUT2D eigenvalue weighted by Gasteiger charge is -2.08. The van der Waals surface area contributed by atoms with E-state index in [0.29, 0.717) is 0 Å². The van der Waals surface area contributed by atoms with Crippen molar-refractivity contribution < 1.29 is 22.7 Å². The third-order valence-corrected chi connectivity index (χ3v) is 1.94. The maximum absolute atomic E-state index is 12.1. The van der Waals surface area contributed by atoms with Crippen molar-refractivity contribution >= 4 is 16.9 Å². The van der Waals surface area contributed by atoms with Crippen LogP contribution in [-0.2, 0) is 0 Å². The molecule has 90 valence electrons. The van der Waals surface area contributed by atoms with Crippen molar-refractivity contribution in [2.75, 3.05) is 0 Å². The summed E-state index contributed by atoms with van der Waals surface area (Å²) in [5.74, 6) is -1.55. The second-order valence-corrected chi connectivity index (χ2v) is 3.15. The van der Waals surface area contributed by atoms with E-state index in [0.717, 1.165) is 6.07 Å². The summed E-state index contributed by atoms with van der Waals surface area (Å²) in [6.07, 6.45) is -4.81. The van der Waals surface area contributed by atoms with Crippen molar-refractivity contribution in [1.29, 1.82) is 0 Å². The number of carbonyl (C=O) groups is 1. The van der Waals surface area contributed by atoms with Crippen LogP contribution in [0.15, 0.2) is 18.2 Å². The monoisotopic (exact) mass is 245 g/mol. The molecule has 1 heterocycles. The highest BCUT2D eigenvalue weighted by Crippen LogP contribution is 2.28. The van der Waals surface area contributed by atoms with Crippen molar-refractivity contribution in [2.24, 2.45) is 5.73 Å². The van der Waals surface area contributed by atoms with E-state index in [1.54, 1.807) is 0 Å². The first-order valence-electron chi connectivity index (χ1n) is 4.41. The van der Waals surface area contributed by atoms with E-state index in [9.17, 15) is 18.0 Å². The number of aromatic amines is 1. The predicted molar refractivity (Wildman–Crippen MR) is 51.3 cm³/mol. The number of para-hydroxylation sites is 1. The molecule has 0 bridgehead atoms. The van der Waals surface area contributed by atoms with E-state index in [1.165, 1.54) is 12.1 Å². The largest absolute Gasteiger partial charge is 0.573 e. The fraction of sp³-hybridized carbons (Fsp3) is 0.111. The Hall–Kier alpha value is -2.25. The van der Waals surface area contributed by atoms with Crippen LogP contribution in [0.4, 0.5) is 13.2 Å². The Kier molecular flexibility index (Phi) is 2.41. The second kappa shape index (κ2) is 3.65. The van der Waals surface area contributed by atoms with Crippen molar-refractivity contribution in [2.45, 2.75) is 6.36 Å². The van der Waals surface area contributed by atoms with Gasteiger partial charge >= 0.3 is 6.36 Å². The molecule has 0 spiro atoms. The van der Waals surface area contributed by atoms with Gasteiger partial charge in [-0.05, 0) is 12.1 Å². The van der Waals surface area contributed by atoms with Gasteiger partial charge in [0.15, 0.2) is 11.6 Å². The summed E-state index contributed by atoms with van der Waals surface area (Å²) in [5.41, 5.74) is 5.10. The van der Waals surface area contributed by atoms with Crippen LogP contribution < -0.4 is 10.5 Å². The Morgan fingerprint density at radius 3 is 2.71 bits per heavy atom. The first-order chi connectivity index (χ1) is 7.87. The van der Waals surface area contributed by atoms with Crippen LogP contribution in [0.1, 0.15) is 10.6 Å². The number of alkyl halides is 3. The number of ether oxygens (including phenoxy) is 1. The van der Waals surface area contributed by atoms with Gasteiger partial charge in [-0.3, -0.25) is 4.79 Å². The number of imidazole rings is 1. The summed E-state index contributed by atoms with van der Waals surface area (Å²) in [6, 6.07) is 3.87. The summed E-state index contributed by atoms with van der Waals surface area (Å²) >= 11 is 0. The van der Waals surface area contributed by atoms with E-state index in [2.05, 4.69) is 14.7 Å². The van der Waals surface area contributed by atoms with Crippen LogP contribution in [0.3, 0.4) is 0 Å². The summed E-state index contributed by atoms with van der Waals surface area (Å²) in [5, 5.41) is 0. The van der Waals surface area contributed by atoms with Crippen LogP contribution in [0.25, 0.3) is 11.0 Å². The molecule has 0 aliphatic heterocycles. The normalized spacial score (nSPS) is 11.7. The first-order valence-corrected chi connectivity index (χ1v) is 4.41. The standard InChI is InChI=1S/C9H6F3N3O2/c10-9(11,12)17-5-3-1-2-4-6(5)15-8(14-4)7(13)16/h1-3H,(H2,13,16)(H,14,15). The summed E-state index contributed by atoms with van der Waals surface area (Å²) in [6.45, 7) is 0. The molecule has 8 heteroatoms. The highest BCUT2D eigenvalue weighted by molar-refractivity contribution is 5.94. The van der Waals surface area contributed by atoms with Crippen molar-refractivity contribution in [3.05, 3.63) is 24.0 Å². The number of amides is 1. The Bertz CT molecular complexity index is 576. The molecule has 0 saturated carbocycles. The third-order valence-electron chi connectivity index (χ3n) is 1.94. The van der Waals surface area contributed by atoms with Crippen LogP contribution in [0, 0.1) is 0 Å². The molecule has 2 rings (SSSR count). The van der Waals surface area contributed by atoms with E-state index in [-0.39, 0.29) is 16.9 Å². The van der Waals surface area contributed by atoms with Crippen LogP contribution in [0.5, 0.6) is 5.75 Å². The maximum Gasteiger partial charge on any atom is 0.573 e. The fourth-order valence-electron chi connectivity index (χ4n) is 1.33. The molecule has 0 radical (unpaired) electrons. The number of benzene rings is 1. The topological polar surface area (TPSA) is 81.0 Å². The number of hydrogen-bond donors (Lipinski definition) is 2. The SMILES string of the molecule is NC(=O)c1nc2cccc(OC(F)(F)F)c2[nH]1. The molecule has 5 nitrogen and oxygen atoms in total. The number of halogens is 3. The van der Waals surface area contributed by atoms with Crippen molar-refractivity contribution in [1.82, 2.24) is 9.97 Å². The fourth-order valence-corrected chi connectivity index (χ4v) is 1.33. The average Bonchev–Trinajstić information content (AvgIpc) is 2.60. The van der Waals surface area contributed by atoms with E-state index in [1.807, 2.05) is 0 Å². The summed E-state index contributed by atoms with van der Waals surface area (Å²) < 4.78 is 40.0. The zero-order chi connectivity index (χ0) is 12.6. The Morgan fingerprint density at radius 2 is 2.12 bits per heavy atom. The molecule has 0 saturated heterocycles. The molecule has 0 fully saturated rings. The number of nitrogens with zero attached hydrogens (tertiary/aromatic N) is 1. The van der Waals surface area contributed by atoms with E-state index in [4.69, 9.17) is 5.73 Å². The van der Waals surface area contributed by atoms with Gasteiger partial charge in [0.1, 0.15) is 5.52 Å². The molecule has 0 aliphatic carbocycles. The van der Waals surface area contributed by atoms with E-state index >= 15 is 0 Å². The second-order valence-electron chi connectivity index (χ2n) is 3.15. The summed E-state index contributed by atoms with van der Waals surface area (Å²) in [7, 11) is 0. The number of aromatic nitrogens is 2. The van der Waals surface area contributed by atoms with Gasteiger partial charge in [0.25, 0.3) is 5.91 Å². The van der Waals surface area contributed by atoms with Crippen molar-refractivity contribution in [3.63, 3.8) is 0 Å². The lowest BCUT2D eigenvalue weighted by atomic mass is 10.3. The van der Waals surface area contributed by atoms with Crippen LogP contribution in [-0.4, -0.2) is 22.2 Å². The van der Waals surface area contributed by atoms with Crippen LogP contribution >= 0.6 is 0 Å². The molecule has 1 aromatic carbocycles. The van der Waals surface area contributed by atoms with Gasteiger partial charge in [-0.1, -0.05) is 6.07 Å².